The van der Waals surface area contributed by atoms with Crippen molar-refractivity contribution < 1.29 is 4.74 Å². The van der Waals surface area contributed by atoms with Crippen LogP contribution in [-0.4, -0.2) is 9.78 Å². The van der Waals surface area contributed by atoms with E-state index in [1.165, 1.54) is 0 Å². The Labute approximate surface area is 93.7 Å². The summed E-state index contributed by atoms with van der Waals surface area (Å²) in [6.45, 7) is 1.90. The Morgan fingerprint density at radius 3 is 2.81 bits per heavy atom. The lowest BCUT2D eigenvalue weighted by Gasteiger charge is -2.04. The molecule has 0 saturated heterocycles. The third kappa shape index (κ3) is 2.04. The molecular formula is C12H11N3O. The monoisotopic (exact) mass is 213 g/mol. The first-order chi connectivity index (χ1) is 7.69. The Hall–Kier alpha value is -2.28. The summed E-state index contributed by atoms with van der Waals surface area (Å²) in [6.07, 6.45) is 0. The van der Waals surface area contributed by atoms with E-state index in [0.717, 1.165) is 5.69 Å². The van der Waals surface area contributed by atoms with Crippen molar-refractivity contribution in [3.05, 3.63) is 41.6 Å². The van der Waals surface area contributed by atoms with Crippen molar-refractivity contribution in [2.45, 2.75) is 6.92 Å². The number of hydrogen-bond acceptors (Lipinski definition) is 3. The third-order valence-corrected chi connectivity index (χ3v) is 2.14. The average molecular weight is 213 g/mol. The minimum absolute atomic E-state index is 0.580. The summed E-state index contributed by atoms with van der Waals surface area (Å²) in [6, 6.07) is 10.9. The summed E-state index contributed by atoms with van der Waals surface area (Å²) in [4.78, 5) is 0. The van der Waals surface area contributed by atoms with Gasteiger partial charge in [-0.2, -0.15) is 10.4 Å². The summed E-state index contributed by atoms with van der Waals surface area (Å²) >= 11 is 0. The van der Waals surface area contributed by atoms with Gasteiger partial charge < -0.3 is 4.74 Å². The molecule has 2 rings (SSSR count). The summed E-state index contributed by atoms with van der Waals surface area (Å²) in [5.74, 6) is 1.30. The van der Waals surface area contributed by atoms with Crippen LogP contribution in [0.2, 0.25) is 0 Å². The first kappa shape index (κ1) is 10.2. The van der Waals surface area contributed by atoms with Gasteiger partial charge in [0.1, 0.15) is 5.75 Å². The fraction of sp³-hybridized carbons (Fsp3) is 0.167. The molecule has 0 fully saturated rings. The van der Waals surface area contributed by atoms with E-state index in [4.69, 9.17) is 10.00 Å². The van der Waals surface area contributed by atoms with Crippen LogP contribution in [0.5, 0.6) is 11.6 Å². The highest BCUT2D eigenvalue weighted by Gasteiger charge is 2.04. The number of ether oxygens (including phenoxy) is 1. The van der Waals surface area contributed by atoms with Crippen molar-refractivity contribution in [1.82, 2.24) is 9.78 Å². The molecule has 0 radical (unpaired) electrons. The van der Waals surface area contributed by atoms with Gasteiger partial charge in [-0.05, 0) is 25.1 Å². The Morgan fingerprint density at radius 2 is 2.19 bits per heavy atom. The highest BCUT2D eigenvalue weighted by atomic mass is 16.5. The quantitative estimate of drug-likeness (QED) is 0.769. The molecule has 0 unspecified atom stereocenters. The van der Waals surface area contributed by atoms with Gasteiger partial charge in [0.15, 0.2) is 0 Å². The van der Waals surface area contributed by atoms with E-state index >= 15 is 0 Å². The molecule has 4 heteroatoms. The predicted molar refractivity (Wildman–Crippen MR) is 59.2 cm³/mol. The van der Waals surface area contributed by atoms with Crippen molar-refractivity contribution in [1.29, 1.82) is 5.26 Å². The smallest absolute Gasteiger partial charge is 0.217 e. The van der Waals surface area contributed by atoms with Crippen LogP contribution in [-0.2, 0) is 7.05 Å². The molecule has 0 aliphatic carbocycles. The zero-order chi connectivity index (χ0) is 11.5. The van der Waals surface area contributed by atoms with Crippen LogP contribution in [0.3, 0.4) is 0 Å². The average Bonchev–Trinajstić information content (AvgIpc) is 2.58. The van der Waals surface area contributed by atoms with Gasteiger partial charge in [0.2, 0.25) is 5.88 Å². The second-order valence-corrected chi connectivity index (χ2v) is 3.49. The molecule has 0 bridgehead atoms. The number of rotatable bonds is 2. The summed E-state index contributed by atoms with van der Waals surface area (Å²) in [7, 11) is 1.82. The summed E-state index contributed by atoms with van der Waals surface area (Å²) < 4.78 is 7.28. The van der Waals surface area contributed by atoms with E-state index in [9.17, 15) is 0 Å². The zero-order valence-corrected chi connectivity index (χ0v) is 9.14. The topological polar surface area (TPSA) is 50.8 Å². The molecule has 0 aliphatic heterocycles. The predicted octanol–water partition coefficient (Wildman–Crippen LogP) is 2.39. The van der Waals surface area contributed by atoms with Crippen LogP contribution in [0.4, 0.5) is 0 Å². The molecule has 0 aliphatic rings. The highest BCUT2D eigenvalue weighted by molar-refractivity contribution is 5.37. The van der Waals surface area contributed by atoms with Gasteiger partial charge in [0.25, 0.3) is 0 Å². The van der Waals surface area contributed by atoms with Crippen molar-refractivity contribution in [2.24, 2.45) is 7.05 Å². The molecule has 0 amide bonds. The minimum atomic E-state index is 0.580. The van der Waals surface area contributed by atoms with E-state index in [-0.39, 0.29) is 0 Å². The largest absolute Gasteiger partial charge is 0.439 e. The molecule has 2 aromatic rings. The van der Waals surface area contributed by atoms with Crippen molar-refractivity contribution in [2.75, 3.05) is 0 Å². The van der Waals surface area contributed by atoms with E-state index < -0.39 is 0 Å². The first-order valence-corrected chi connectivity index (χ1v) is 4.87. The van der Waals surface area contributed by atoms with Crippen LogP contribution in [0.1, 0.15) is 11.3 Å². The number of benzene rings is 1. The molecule has 0 saturated carbocycles. The van der Waals surface area contributed by atoms with Gasteiger partial charge in [-0.3, -0.25) is 0 Å². The Bertz CT molecular complexity index is 552. The third-order valence-electron chi connectivity index (χ3n) is 2.14. The second kappa shape index (κ2) is 4.07. The molecule has 1 aromatic heterocycles. The zero-order valence-electron chi connectivity index (χ0n) is 9.14. The van der Waals surface area contributed by atoms with Gasteiger partial charge >= 0.3 is 0 Å². The van der Waals surface area contributed by atoms with Crippen LogP contribution in [0, 0.1) is 18.3 Å². The first-order valence-electron chi connectivity index (χ1n) is 4.87. The highest BCUT2D eigenvalue weighted by Crippen LogP contribution is 2.22. The Morgan fingerprint density at radius 1 is 1.38 bits per heavy atom. The van der Waals surface area contributed by atoms with E-state index in [1.807, 2.05) is 26.1 Å². The van der Waals surface area contributed by atoms with E-state index in [0.29, 0.717) is 17.2 Å². The molecule has 80 valence electrons. The molecular weight excluding hydrogens is 202 g/mol. The fourth-order valence-electron chi connectivity index (χ4n) is 1.43. The minimum Gasteiger partial charge on any atom is -0.439 e. The number of hydrogen-bond donors (Lipinski definition) is 0. The maximum Gasteiger partial charge on any atom is 0.217 e. The summed E-state index contributed by atoms with van der Waals surface area (Å²) in [5, 5.41) is 12.9. The van der Waals surface area contributed by atoms with Crippen LogP contribution < -0.4 is 4.74 Å². The Balaban J connectivity index is 2.27. The maximum atomic E-state index is 8.76. The standard InChI is InChI=1S/C12H11N3O/c1-9-6-12(15(2)14-9)16-11-5-3-4-10(7-11)8-13/h3-7H,1-2H3. The number of aryl methyl sites for hydroxylation is 2. The molecule has 0 atom stereocenters. The molecule has 1 aromatic carbocycles. The second-order valence-electron chi connectivity index (χ2n) is 3.49. The van der Waals surface area contributed by atoms with Crippen molar-refractivity contribution in [3.63, 3.8) is 0 Å². The fourth-order valence-corrected chi connectivity index (χ4v) is 1.43. The number of nitriles is 1. The number of aromatic nitrogens is 2. The molecule has 1 heterocycles. The van der Waals surface area contributed by atoms with Gasteiger partial charge in [-0.25, -0.2) is 4.68 Å². The van der Waals surface area contributed by atoms with Crippen LogP contribution >= 0.6 is 0 Å². The van der Waals surface area contributed by atoms with E-state index in [2.05, 4.69) is 11.2 Å². The molecule has 16 heavy (non-hydrogen) atoms. The SMILES string of the molecule is Cc1cc(Oc2cccc(C#N)c2)n(C)n1. The van der Waals surface area contributed by atoms with Gasteiger partial charge in [-0.15, -0.1) is 0 Å². The molecule has 0 spiro atoms. The molecule has 4 nitrogen and oxygen atoms in total. The summed E-state index contributed by atoms with van der Waals surface area (Å²) in [5.41, 5.74) is 1.48. The lowest BCUT2D eigenvalue weighted by atomic mass is 10.2. The Kier molecular flexibility index (Phi) is 2.61. The lowest BCUT2D eigenvalue weighted by Crippen LogP contribution is -1.95. The van der Waals surface area contributed by atoms with Crippen molar-refractivity contribution in [3.8, 4) is 17.7 Å². The number of nitrogens with zero attached hydrogens (tertiary/aromatic N) is 3. The molecule has 0 N–H and O–H groups in total. The maximum absolute atomic E-state index is 8.76. The van der Waals surface area contributed by atoms with Gasteiger partial charge in [-0.1, -0.05) is 6.07 Å². The lowest BCUT2D eigenvalue weighted by molar-refractivity contribution is 0.430. The van der Waals surface area contributed by atoms with E-state index in [1.54, 1.807) is 22.9 Å². The van der Waals surface area contributed by atoms with Gasteiger partial charge in [0, 0.05) is 13.1 Å². The van der Waals surface area contributed by atoms with Crippen LogP contribution in [0.25, 0.3) is 0 Å². The normalized spacial score (nSPS) is 9.81. The van der Waals surface area contributed by atoms with Crippen molar-refractivity contribution >= 4 is 0 Å². The van der Waals surface area contributed by atoms with Crippen LogP contribution in [0.15, 0.2) is 30.3 Å². The van der Waals surface area contributed by atoms with Gasteiger partial charge in [0.05, 0.1) is 17.3 Å².